The van der Waals surface area contributed by atoms with Gasteiger partial charge in [-0.15, -0.1) is 0 Å². The third-order valence-corrected chi connectivity index (χ3v) is 1.80. The van der Waals surface area contributed by atoms with Crippen molar-refractivity contribution in [1.29, 1.82) is 0 Å². The lowest BCUT2D eigenvalue weighted by molar-refractivity contribution is -0.136. The van der Waals surface area contributed by atoms with E-state index >= 15 is 0 Å². The molecule has 1 N–H and O–H groups in total. The minimum Gasteiger partial charge on any atom is -0.492 e. The number of hydrogen-bond acceptors (Lipinski definition) is 3. The lowest BCUT2D eigenvalue weighted by Crippen LogP contribution is -2.07. The zero-order valence-corrected chi connectivity index (χ0v) is 8.21. The van der Waals surface area contributed by atoms with Crippen LogP contribution < -0.4 is 4.74 Å². The van der Waals surface area contributed by atoms with E-state index < -0.39 is 36.2 Å². The van der Waals surface area contributed by atoms with Gasteiger partial charge in [-0.3, -0.25) is 4.79 Å². The number of pyridine rings is 1. The van der Waals surface area contributed by atoms with Crippen molar-refractivity contribution in [3.63, 3.8) is 0 Å². The molecule has 4 nitrogen and oxygen atoms in total. The first kappa shape index (κ1) is 12.3. The number of carboxylic acids is 1. The number of hydrogen-bond donors (Lipinski definition) is 1. The van der Waals surface area contributed by atoms with Crippen LogP contribution in [-0.2, 0) is 11.2 Å². The summed E-state index contributed by atoms with van der Waals surface area (Å²) in [5, 5.41) is 8.52. The lowest BCUT2D eigenvalue weighted by Gasteiger charge is -2.09. The molecule has 1 aromatic heterocycles. The molecule has 0 bridgehead atoms. The molecule has 0 aliphatic rings. The van der Waals surface area contributed by atoms with Crippen molar-refractivity contribution in [1.82, 2.24) is 4.98 Å². The predicted octanol–water partition coefficient (Wildman–Crippen LogP) is 1.79. The molecule has 16 heavy (non-hydrogen) atoms. The number of aromatic nitrogens is 1. The maximum atomic E-state index is 13.2. The number of rotatable bonds is 4. The summed E-state index contributed by atoms with van der Waals surface area (Å²) < 4.78 is 42.3. The first-order valence-corrected chi connectivity index (χ1v) is 4.19. The molecule has 0 saturated carbocycles. The number of aliphatic carboxylic acids is 1. The van der Waals surface area contributed by atoms with Gasteiger partial charge in [0.1, 0.15) is 5.69 Å². The number of carbonyl (C=O) groups is 1. The normalized spacial score (nSPS) is 10.6. The molecule has 0 atom stereocenters. The van der Waals surface area contributed by atoms with Gasteiger partial charge in [0, 0.05) is 5.56 Å². The average Bonchev–Trinajstić information content (AvgIpc) is 2.16. The van der Waals surface area contributed by atoms with Crippen molar-refractivity contribution >= 4 is 5.97 Å². The molecular formula is C9H8F3NO3. The molecule has 0 spiro atoms. The molecule has 0 radical (unpaired) electrons. The van der Waals surface area contributed by atoms with Gasteiger partial charge in [0.15, 0.2) is 5.75 Å². The van der Waals surface area contributed by atoms with Crippen molar-refractivity contribution in [2.75, 3.05) is 7.11 Å². The summed E-state index contributed by atoms with van der Waals surface area (Å²) in [6, 6.07) is 0.820. The van der Waals surface area contributed by atoms with Crippen LogP contribution in [0.1, 0.15) is 17.7 Å². The lowest BCUT2D eigenvalue weighted by atomic mass is 10.1. The Morgan fingerprint density at radius 3 is 2.69 bits per heavy atom. The molecule has 0 fully saturated rings. The maximum absolute atomic E-state index is 13.2. The molecule has 1 rings (SSSR count). The molecule has 1 heterocycles. The Hall–Kier alpha value is -1.79. The highest BCUT2D eigenvalue weighted by atomic mass is 19.3. The first-order valence-electron chi connectivity index (χ1n) is 4.19. The SMILES string of the molecule is COc1c(CC(=O)O)cc(C(F)F)nc1F. The van der Waals surface area contributed by atoms with E-state index in [4.69, 9.17) is 5.11 Å². The van der Waals surface area contributed by atoms with E-state index in [9.17, 15) is 18.0 Å². The van der Waals surface area contributed by atoms with E-state index in [0.29, 0.717) is 0 Å². The number of ether oxygens (including phenoxy) is 1. The van der Waals surface area contributed by atoms with E-state index in [-0.39, 0.29) is 5.56 Å². The second-order valence-electron chi connectivity index (χ2n) is 2.90. The van der Waals surface area contributed by atoms with Crippen LogP contribution in [0.4, 0.5) is 13.2 Å². The van der Waals surface area contributed by atoms with Gasteiger partial charge in [-0.05, 0) is 6.07 Å². The highest BCUT2D eigenvalue weighted by Gasteiger charge is 2.19. The Kier molecular flexibility index (Phi) is 3.70. The van der Waals surface area contributed by atoms with Gasteiger partial charge in [0.05, 0.1) is 13.5 Å². The molecule has 0 aliphatic heterocycles. The Morgan fingerprint density at radius 2 is 2.25 bits per heavy atom. The second-order valence-corrected chi connectivity index (χ2v) is 2.90. The van der Waals surface area contributed by atoms with Crippen LogP contribution in [0.15, 0.2) is 6.07 Å². The van der Waals surface area contributed by atoms with Crippen LogP contribution >= 0.6 is 0 Å². The van der Waals surface area contributed by atoms with Crippen LogP contribution in [0, 0.1) is 5.95 Å². The van der Waals surface area contributed by atoms with Gasteiger partial charge in [0.25, 0.3) is 12.4 Å². The summed E-state index contributed by atoms with van der Waals surface area (Å²) in [5.74, 6) is -2.94. The molecule has 0 aromatic carbocycles. The summed E-state index contributed by atoms with van der Waals surface area (Å²) >= 11 is 0. The number of methoxy groups -OCH3 is 1. The van der Waals surface area contributed by atoms with Gasteiger partial charge in [-0.25, -0.2) is 13.8 Å². The topological polar surface area (TPSA) is 59.4 Å². The van der Waals surface area contributed by atoms with E-state index in [2.05, 4.69) is 9.72 Å². The van der Waals surface area contributed by atoms with Crippen LogP contribution in [0.5, 0.6) is 5.75 Å². The van der Waals surface area contributed by atoms with E-state index in [1.54, 1.807) is 0 Å². The second kappa shape index (κ2) is 4.82. The summed E-state index contributed by atoms with van der Waals surface area (Å²) in [5.41, 5.74) is -0.979. The molecule has 1 aromatic rings. The van der Waals surface area contributed by atoms with Gasteiger partial charge in [0.2, 0.25) is 0 Å². The minimum atomic E-state index is -2.96. The van der Waals surface area contributed by atoms with Crippen molar-refractivity contribution in [2.24, 2.45) is 0 Å². The zero-order chi connectivity index (χ0) is 12.3. The molecule has 0 saturated heterocycles. The van der Waals surface area contributed by atoms with E-state index in [0.717, 1.165) is 13.2 Å². The fraction of sp³-hybridized carbons (Fsp3) is 0.333. The molecule has 0 amide bonds. The quantitative estimate of drug-likeness (QED) is 0.808. The zero-order valence-electron chi connectivity index (χ0n) is 8.21. The van der Waals surface area contributed by atoms with Crippen molar-refractivity contribution in [3.8, 4) is 5.75 Å². The first-order chi connectivity index (χ1) is 7.45. The predicted molar refractivity (Wildman–Crippen MR) is 47.0 cm³/mol. The highest BCUT2D eigenvalue weighted by Crippen LogP contribution is 2.26. The fourth-order valence-electron chi connectivity index (χ4n) is 1.19. The highest BCUT2D eigenvalue weighted by molar-refractivity contribution is 5.71. The molecule has 0 aliphatic carbocycles. The third-order valence-electron chi connectivity index (χ3n) is 1.80. The maximum Gasteiger partial charge on any atom is 0.307 e. The summed E-state index contributed by atoms with van der Waals surface area (Å²) in [7, 11) is 1.10. The molecule has 88 valence electrons. The van der Waals surface area contributed by atoms with E-state index in [1.165, 1.54) is 0 Å². The van der Waals surface area contributed by atoms with Crippen molar-refractivity contribution in [2.45, 2.75) is 12.8 Å². The number of halogens is 3. The van der Waals surface area contributed by atoms with Crippen LogP contribution in [0.25, 0.3) is 0 Å². The monoisotopic (exact) mass is 235 g/mol. The Morgan fingerprint density at radius 1 is 1.62 bits per heavy atom. The van der Waals surface area contributed by atoms with Gasteiger partial charge in [-0.1, -0.05) is 0 Å². The Bertz CT molecular complexity index is 409. The van der Waals surface area contributed by atoms with Gasteiger partial charge in [-0.2, -0.15) is 4.39 Å². The van der Waals surface area contributed by atoms with Gasteiger partial charge >= 0.3 is 5.97 Å². The fourth-order valence-corrected chi connectivity index (χ4v) is 1.19. The number of carboxylic acid groups (broad SMARTS) is 1. The molecular weight excluding hydrogens is 227 g/mol. The van der Waals surface area contributed by atoms with E-state index in [1.807, 2.05) is 0 Å². The smallest absolute Gasteiger partial charge is 0.307 e. The largest absolute Gasteiger partial charge is 0.492 e. The average molecular weight is 235 g/mol. The van der Waals surface area contributed by atoms with Gasteiger partial charge < -0.3 is 9.84 Å². The number of nitrogens with zero attached hydrogens (tertiary/aromatic N) is 1. The summed E-state index contributed by atoms with van der Waals surface area (Å²) in [6.45, 7) is 0. The standard InChI is InChI=1S/C9H8F3NO3/c1-16-7-4(3-6(14)15)2-5(8(10)11)13-9(7)12/h2,8H,3H2,1H3,(H,14,15). The Labute approximate surface area is 88.7 Å². The van der Waals surface area contributed by atoms with Crippen LogP contribution in [0.3, 0.4) is 0 Å². The third kappa shape index (κ3) is 2.62. The molecule has 0 unspecified atom stereocenters. The number of alkyl halides is 2. The van der Waals surface area contributed by atoms with Crippen LogP contribution in [-0.4, -0.2) is 23.2 Å². The molecule has 7 heteroatoms. The summed E-state index contributed by atoms with van der Waals surface area (Å²) in [4.78, 5) is 13.4. The van der Waals surface area contributed by atoms with Crippen molar-refractivity contribution < 1.29 is 27.8 Å². The minimum absolute atomic E-state index is 0.169. The Balaban J connectivity index is 3.24. The van der Waals surface area contributed by atoms with Crippen molar-refractivity contribution in [3.05, 3.63) is 23.3 Å². The summed E-state index contributed by atoms with van der Waals surface area (Å²) in [6.07, 6.45) is -3.57. The van der Waals surface area contributed by atoms with Crippen LogP contribution in [0.2, 0.25) is 0 Å².